The molecule has 0 saturated carbocycles. The molecule has 1 heterocycles. The number of hydrogen-bond donors (Lipinski definition) is 1. The number of nitrogens with zero attached hydrogens (tertiary/aromatic N) is 2. The lowest BCUT2D eigenvalue weighted by Gasteiger charge is -2.12. The van der Waals surface area contributed by atoms with Gasteiger partial charge in [0.1, 0.15) is 0 Å². The molecule has 0 amide bonds. The maximum atomic E-state index is 6.09. The van der Waals surface area contributed by atoms with E-state index in [4.69, 9.17) is 11.6 Å². The van der Waals surface area contributed by atoms with Gasteiger partial charge < -0.3 is 5.32 Å². The minimum Gasteiger partial charge on any atom is -0.383 e. The van der Waals surface area contributed by atoms with Crippen molar-refractivity contribution in [2.45, 2.75) is 39.0 Å². The summed E-state index contributed by atoms with van der Waals surface area (Å²) in [5, 5.41) is 8.50. The Labute approximate surface area is 126 Å². The maximum absolute atomic E-state index is 6.09. The van der Waals surface area contributed by atoms with Gasteiger partial charge in [-0.3, -0.25) is 0 Å². The van der Waals surface area contributed by atoms with Gasteiger partial charge in [0.2, 0.25) is 0 Å². The highest BCUT2D eigenvalue weighted by Gasteiger charge is 2.05. The molecule has 2 aromatic rings. The molecular weight excluding hydrogens is 270 g/mol. The lowest BCUT2D eigenvalue weighted by Crippen LogP contribution is -2.06. The summed E-state index contributed by atoms with van der Waals surface area (Å²) in [6.45, 7) is 3.21. The van der Waals surface area contributed by atoms with Crippen LogP contribution in [0.3, 0.4) is 0 Å². The number of halogens is 1. The second kappa shape index (κ2) is 7.95. The topological polar surface area (TPSA) is 29.9 Å². The van der Waals surface area contributed by atoms with E-state index in [1.54, 1.807) is 6.20 Å². The Hall–Kier alpha value is -1.48. The number of benzene rings is 1. The fourth-order valence-corrected chi connectivity index (χ4v) is 2.38. The minimum atomic E-state index is 0.745. The van der Waals surface area contributed by atoms with Crippen LogP contribution in [0.4, 0.5) is 5.69 Å². The molecule has 20 heavy (non-hydrogen) atoms. The minimum absolute atomic E-state index is 0.745. The average Bonchev–Trinajstić information content (AvgIpc) is 2.97. The summed E-state index contributed by atoms with van der Waals surface area (Å²) in [6.07, 6.45) is 10.1. The molecule has 0 bridgehead atoms. The van der Waals surface area contributed by atoms with E-state index >= 15 is 0 Å². The Kier molecular flexibility index (Phi) is 5.93. The molecule has 0 aliphatic carbocycles. The van der Waals surface area contributed by atoms with Crippen LogP contribution in [0.2, 0.25) is 5.02 Å². The average molecular weight is 292 g/mol. The predicted octanol–water partition coefficient (Wildman–Crippen LogP) is 4.91. The molecule has 1 aromatic carbocycles. The van der Waals surface area contributed by atoms with Gasteiger partial charge in [0.15, 0.2) is 0 Å². The van der Waals surface area contributed by atoms with E-state index in [-0.39, 0.29) is 0 Å². The standard InChI is InChI=1S/C16H22ClN3/c1-2-3-4-5-6-10-18-15-13-14(17)8-9-16(15)20-12-7-11-19-20/h7-9,11-13,18H,2-6,10H2,1H3. The fourth-order valence-electron chi connectivity index (χ4n) is 2.21. The third-order valence-corrected chi connectivity index (χ3v) is 3.54. The van der Waals surface area contributed by atoms with Crippen LogP contribution < -0.4 is 5.32 Å². The highest BCUT2D eigenvalue weighted by molar-refractivity contribution is 6.31. The highest BCUT2D eigenvalue weighted by atomic mass is 35.5. The summed E-state index contributed by atoms with van der Waals surface area (Å²) in [7, 11) is 0. The molecule has 0 radical (unpaired) electrons. The van der Waals surface area contributed by atoms with Crippen molar-refractivity contribution >= 4 is 17.3 Å². The molecule has 0 fully saturated rings. The van der Waals surface area contributed by atoms with Gasteiger partial charge in [-0.05, 0) is 30.7 Å². The smallest absolute Gasteiger partial charge is 0.0877 e. The van der Waals surface area contributed by atoms with Crippen LogP contribution in [0.5, 0.6) is 0 Å². The Bertz CT molecular complexity index is 508. The van der Waals surface area contributed by atoms with E-state index in [1.807, 2.05) is 35.1 Å². The highest BCUT2D eigenvalue weighted by Crippen LogP contribution is 2.24. The van der Waals surface area contributed by atoms with Gasteiger partial charge >= 0.3 is 0 Å². The summed E-state index contributed by atoms with van der Waals surface area (Å²) in [6, 6.07) is 7.77. The molecule has 0 atom stereocenters. The van der Waals surface area contributed by atoms with Crippen LogP contribution in [0.1, 0.15) is 39.0 Å². The summed E-state index contributed by atoms with van der Waals surface area (Å²) < 4.78 is 1.86. The second-order valence-electron chi connectivity index (χ2n) is 4.95. The van der Waals surface area contributed by atoms with Crippen molar-refractivity contribution in [2.75, 3.05) is 11.9 Å². The van der Waals surface area contributed by atoms with Crippen molar-refractivity contribution in [1.82, 2.24) is 9.78 Å². The van der Waals surface area contributed by atoms with Crippen molar-refractivity contribution < 1.29 is 0 Å². The van der Waals surface area contributed by atoms with Crippen LogP contribution in [0.15, 0.2) is 36.7 Å². The number of nitrogens with one attached hydrogen (secondary N) is 1. The van der Waals surface area contributed by atoms with Crippen LogP contribution in [-0.4, -0.2) is 16.3 Å². The number of anilines is 1. The van der Waals surface area contributed by atoms with E-state index in [0.717, 1.165) is 22.9 Å². The zero-order valence-electron chi connectivity index (χ0n) is 12.0. The summed E-state index contributed by atoms with van der Waals surface area (Å²) in [4.78, 5) is 0. The third-order valence-electron chi connectivity index (χ3n) is 3.31. The Morgan fingerprint density at radius 2 is 2.05 bits per heavy atom. The summed E-state index contributed by atoms with van der Waals surface area (Å²) >= 11 is 6.09. The molecule has 4 heteroatoms. The zero-order chi connectivity index (χ0) is 14.2. The van der Waals surface area contributed by atoms with Crippen molar-refractivity contribution in [3.63, 3.8) is 0 Å². The van der Waals surface area contributed by atoms with E-state index in [1.165, 1.54) is 32.1 Å². The first-order valence-corrected chi connectivity index (χ1v) is 7.72. The Morgan fingerprint density at radius 1 is 1.20 bits per heavy atom. The van der Waals surface area contributed by atoms with Crippen LogP contribution in [0, 0.1) is 0 Å². The molecule has 0 aliphatic rings. The van der Waals surface area contributed by atoms with Gasteiger partial charge in [-0.15, -0.1) is 0 Å². The first kappa shape index (κ1) is 14.9. The van der Waals surface area contributed by atoms with Crippen molar-refractivity contribution in [3.05, 3.63) is 41.7 Å². The molecule has 0 aliphatic heterocycles. The Balaban J connectivity index is 1.94. The second-order valence-corrected chi connectivity index (χ2v) is 5.39. The van der Waals surface area contributed by atoms with Crippen molar-refractivity contribution in [3.8, 4) is 5.69 Å². The molecule has 2 rings (SSSR count). The van der Waals surface area contributed by atoms with Crippen LogP contribution >= 0.6 is 11.6 Å². The van der Waals surface area contributed by atoms with Gasteiger partial charge in [-0.25, -0.2) is 4.68 Å². The summed E-state index contributed by atoms with van der Waals surface area (Å²) in [5.41, 5.74) is 2.07. The number of rotatable bonds is 8. The molecule has 3 nitrogen and oxygen atoms in total. The Morgan fingerprint density at radius 3 is 2.80 bits per heavy atom. The monoisotopic (exact) mass is 291 g/mol. The maximum Gasteiger partial charge on any atom is 0.0877 e. The van der Waals surface area contributed by atoms with Gasteiger partial charge in [0, 0.05) is 24.0 Å². The number of aromatic nitrogens is 2. The molecule has 1 N–H and O–H groups in total. The van der Waals surface area contributed by atoms with Gasteiger partial charge in [-0.2, -0.15) is 5.10 Å². The zero-order valence-corrected chi connectivity index (χ0v) is 12.7. The predicted molar refractivity (Wildman–Crippen MR) is 85.8 cm³/mol. The molecule has 0 saturated heterocycles. The molecule has 108 valence electrons. The fraction of sp³-hybridized carbons (Fsp3) is 0.438. The molecule has 0 unspecified atom stereocenters. The van der Waals surface area contributed by atoms with E-state index < -0.39 is 0 Å². The van der Waals surface area contributed by atoms with Gasteiger partial charge in [-0.1, -0.05) is 44.2 Å². The molecular formula is C16H22ClN3. The molecule has 0 spiro atoms. The van der Waals surface area contributed by atoms with Crippen LogP contribution in [-0.2, 0) is 0 Å². The lowest BCUT2D eigenvalue weighted by molar-refractivity contribution is 0.645. The first-order valence-electron chi connectivity index (χ1n) is 7.34. The molecule has 1 aromatic heterocycles. The normalized spacial score (nSPS) is 10.7. The van der Waals surface area contributed by atoms with Crippen molar-refractivity contribution in [1.29, 1.82) is 0 Å². The van der Waals surface area contributed by atoms with E-state index in [2.05, 4.69) is 17.3 Å². The third kappa shape index (κ3) is 4.27. The lowest BCUT2D eigenvalue weighted by atomic mass is 10.1. The van der Waals surface area contributed by atoms with Crippen LogP contribution in [0.25, 0.3) is 5.69 Å². The van der Waals surface area contributed by atoms with Gasteiger partial charge in [0.05, 0.1) is 11.4 Å². The van der Waals surface area contributed by atoms with E-state index in [9.17, 15) is 0 Å². The SMILES string of the molecule is CCCCCCCNc1cc(Cl)ccc1-n1cccn1. The quantitative estimate of drug-likeness (QED) is 0.701. The number of unbranched alkanes of at least 4 members (excludes halogenated alkanes) is 4. The number of hydrogen-bond acceptors (Lipinski definition) is 2. The van der Waals surface area contributed by atoms with Gasteiger partial charge in [0.25, 0.3) is 0 Å². The van der Waals surface area contributed by atoms with E-state index in [0.29, 0.717) is 0 Å². The summed E-state index contributed by atoms with van der Waals surface area (Å²) in [5.74, 6) is 0. The van der Waals surface area contributed by atoms with Crippen molar-refractivity contribution in [2.24, 2.45) is 0 Å². The first-order chi connectivity index (χ1) is 9.81. The largest absolute Gasteiger partial charge is 0.383 e.